The van der Waals surface area contributed by atoms with Gasteiger partial charge in [-0.1, -0.05) is 17.4 Å². The van der Waals surface area contributed by atoms with Gasteiger partial charge in [0.25, 0.3) is 5.91 Å². The van der Waals surface area contributed by atoms with E-state index in [1.54, 1.807) is 0 Å². The third kappa shape index (κ3) is 3.05. The molecule has 0 saturated carbocycles. The van der Waals surface area contributed by atoms with Gasteiger partial charge in [0.2, 0.25) is 0 Å². The molecule has 5 nitrogen and oxygen atoms in total. The van der Waals surface area contributed by atoms with Crippen molar-refractivity contribution in [3.63, 3.8) is 0 Å². The zero-order valence-corrected chi connectivity index (χ0v) is 13.2. The number of rotatable bonds is 3. The van der Waals surface area contributed by atoms with E-state index in [1.165, 1.54) is 12.1 Å². The van der Waals surface area contributed by atoms with Crippen molar-refractivity contribution in [3.8, 4) is 0 Å². The lowest BCUT2D eigenvalue weighted by atomic mass is 10.1. The highest BCUT2D eigenvalue weighted by molar-refractivity contribution is 9.10. The maximum absolute atomic E-state index is 12.1. The number of hydrogen-bond acceptors (Lipinski definition) is 4. The second-order valence-electron chi connectivity index (χ2n) is 4.29. The molecule has 0 aliphatic carbocycles. The lowest BCUT2D eigenvalue weighted by molar-refractivity contribution is -0.380. The first-order valence-corrected chi connectivity index (χ1v) is 7.31. The van der Waals surface area contributed by atoms with Crippen molar-refractivity contribution in [2.24, 2.45) is 0 Å². The predicted molar refractivity (Wildman–Crippen MR) is 82.5 cm³/mol. The number of benzene rings is 1. The molecular weight excluding hydrogens is 344 g/mol. The van der Waals surface area contributed by atoms with E-state index < -0.39 is 4.92 Å². The Morgan fingerprint density at radius 3 is 2.60 bits per heavy atom. The number of anilines is 1. The Balaban J connectivity index is 2.25. The zero-order chi connectivity index (χ0) is 14.9. The van der Waals surface area contributed by atoms with E-state index in [1.807, 2.05) is 26.0 Å². The quantitative estimate of drug-likeness (QED) is 0.660. The van der Waals surface area contributed by atoms with Crippen molar-refractivity contribution in [3.05, 3.63) is 54.9 Å². The number of nitrogens with one attached hydrogen (secondary N) is 1. The second kappa shape index (κ2) is 5.72. The molecule has 7 heteroatoms. The molecule has 0 aliphatic rings. The summed E-state index contributed by atoms with van der Waals surface area (Å²) in [4.78, 5) is 22.5. The van der Waals surface area contributed by atoms with Gasteiger partial charge in [0, 0.05) is 10.5 Å². The van der Waals surface area contributed by atoms with Crippen molar-refractivity contribution in [2.75, 3.05) is 5.32 Å². The molecule has 1 aromatic carbocycles. The monoisotopic (exact) mass is 354 g/mol. The molecular formula is C13H11BrN2O3S. The molecule has 20 heavy (non-hydrogen) atoms. The van der Waals surface area contributed by atoms with Crippen molar-refractivity contribution in [2.45, 2.75) is 13.8 Å². The van der Waals surface area contributed by atoms with Crippen LogP contribution in [0.4, 0.5) is 10.7 Å². The van der Waals surface area contributed by atoms with Crippen LogP contribution in [0.3, 0.4) is 0 Å². The summed E-state index contributed by atoms with van der Waals surface area (Å²) in [6, 6.07) is 6.64. The molecule has 0 fully saturated rings. The first-order valence-electron chi connectivity index (χ1n) is 5.71. The van der Waals surface area contributed by atoms with Crippen LogP contribution in [0, 0.1) is 24.0 Å². The average molecular weight is 355 g/mol. The van der Waals surface area contributed by atoms with Crippen LogP contribution in [-0.2, 0) is 0 Å². The Hall–Kier alpha value is -1.73. The first-order chi connectivity index (χ1) is 9.38. The van der Waals surface area contributed by atoms with Crippen LogP contribution >= 0.6 is 27.3 Å². The van der Waals surface area contributed by atoms with Gasteiger partial charge >= 0.3 is 5.00 Å². The minimum absolute atomic E-state index is 0.0464. The molecule has 0 aliphatic heterocycles. The highest BCUT2D eigenvalue weighted by atomic mass is 79.9. The van der Waals surface area contributed by atoms with Crippen LogP contribution in [0.15, 0.2) is 28.7 Å². The minimum atomic E-state index is -0.505. The first kappa shape index (κ1) is 14.7. The molecule has 1 aromatic heterocycles. The Labute approximate surface area is 127 Å². The van der Waals surface area contributed by atoms with Gasteiger partial charge < -0.3 is 5.32 Å². The van der Waals surface area contributed by atoms with Gasteiger partial charge in [0.05, 0.1) is 15.5 Å². The Kier molecular flexibility index (Phi) is 4.20. The number of nitro groups is 1. The molecule has 0 atom stereocenters. The van der Waals surface area contributed by atoms with Crippen molar-refractivity contribution >= 4 is 43.9 Å². The lowest BCUT2D eigenvalue weighted by Crippen LogP contribution is -2.11. The fourth-order valence-electron chi connectivity index (χ4n) is 1.80. The highest BCUT2D eigenvalue weighted by Crippen LogP contribution is 2.30. The number of carbonyl (C=O) groups is 1. The van der Waals surface area contributed by atoms with Crippen molar-refractivity contribution in [1.29, 1.82) is 0 Å². The van der Waals surface area contributed by atoms with Gasteiger partial charge in [0.1, 0.15) is 0 Å². The summed E-state index contributed by atoms with van der Waals surface area (Å²) in [5, 5.41) is 13.3. The SMILES string of the molecule is Cc1cc(C)c(NC(=O)c2ccc([N+](=O)[O-])s2)c(Br)c1. The molecule has 104 valence electrons. The van der Waals surface area contributed by atoms with E-state index >= 15 is 0 Å². The number of thiophene rings is 1. The third-order valence-corrected chi connectivity index (χ3v) is 4.33. The summed E-state index contributed by atoms with van der Waals surface area (Å²) in [6.07, 6.45) is 0. The summed E-state index contributed by atoms with van der Waals surface area (Å²) in [5.74, 6) is -0.351. The van der Waals surface area contributed by atoms with Crippen molar-refractivity contribution < 1.29 is 9.72 Å². The molecule has 0 saturated heterocycles. The van der Waals surface area contributed by atoms with Gasteiger partial charge in [0.15, 0.2) is 0 Å². The van der Waals surface area contributed by atoms with Crippen LogP contribution in [0.1, 0.15) is 20.8 Å². The summed E-state index contributed by atoms with van der Waals surface area (Å²) >= 11 is 4.26. The molecule has 0 spiro atoms. The number of carbonyl (C=O) groups excluding carboxylic acids is 1. The van der Waals surface area contributed by atoms with Gasteiger partial charge in [-0.2, -0.15) is 0 Å². The number of halogens is 1. The van der Waals surface area contributed by atoms with Crippen molar-refractivity contribution in [1.82, 2.24) is 0 Å². The molecule has 0 bridgehead atoms. The smallest absolute Gasteiger partial charge is 0.320 e. The van der Waals surface area contributed by atoms with Gasteiger partial charge in [-0.15, -0.1) is 0 Å². The molecule has 0 unspecified atom stereocenters. The summed E-state index contributed by atoms with van der Waals surface area (Å²) in [7, 11) is 0. The maximum atomic E-state index is 12.1. The van der Waals surface area contributed by atoms with Gasteiger partial charge in [-0.25, -0.2) is 0 Å². The van der Waals surface area contributed by atoms with Crippen LogP contribution in [0.2, 0.25) is 0 Å². The van der Waals surface area contributed by atoms with E-state index in [0.29, 0.717) is 10.6 Å². The molecule has 1 amide bonds. The lowest BCUT2D eigenvalue weighted by Gasteiger charge is -2.10. The number of nitrogens with zero attached hydrogens (tertiary/aromatic N) is 1. The van der Waals surface area contributed by atoms with Crippen LogP contribution in [0.5, 0.6) is 0 Å². The average Bonchev–Trinajstić information content (AvgIpc) is 2.83. The standard InChI is InChI=1S/C13H11BrN2O3S/c1-7-5-8(2)12(9(14)6-7)15-13(17)10-3-4-11(20-10)16(18)19/h3-6H,1-2H3,(H,15,17). The number of amides is 1. The summed E-state index contributed by atoms with van der Waals surface area (Å²) < 4.78 is 0.786. The fourth-order valence-corrected chi connectivity index (χ4v) is 3.29. The van der Waals surface area contributed by atoms with E-state index in [0.717, 1.165) is 26.9 Å². The van der Waals surface area contributed by atoms with E-state index in [9.17, 15) is 14.9 Å². The molecule has 1 heterocycles. The van der Waals surface area contributed by atoms with Crippen LogP contribution in [-0.4, -0.2) is 10.8 Å². The summed E-state index contributed by atoms with van der Waals surface area (Å²) in [6.45, 7) is 3.86. The molecule has 2 aromatic rings. The molecule has 2 rings (SSSR count). The summed E-state index contributed by atoms with van der Waals surface area (Å²) in [5.41, 5.74) is 2.69. The molecule has 0 radical (unpaired) electrons. The normalized spacial score (nSPS) is 10.3. The predicted octanol–water partition coefficient (Wildman–Crippen LogP) is 4.29. The molecule has 1 N–H and O–H groups in total. The third-order valence-electron chi connectivity index (χ3n) is 2.67. The van der Waals surface area contributed by atoms with Crippen LogP contribution in [0.25, 0.3) is 0 Å². The van der Waals surface area contributed by atoms with Gasteiger partial charge in [-0.05, 0) is 53.0 Å². The maximum Gasteiger partial charge on any atom is 0.324 e. The Bertz CT molecular complexity index is 674. The topological polar surface area (TPSA) is 72.2 Å². The number of aryl methyl sites for hydroxylation is 2. The van der Waals surface area contributed by atoms with E-state index in [4.69, 9.17) is 0 Å². The Morgan fingerprint density at radius 1 is 1.35 bits per heavy atom. The minimum Gasteiger partial charge on any atom is -0.320 e. The zero-order valence-electron chi connectivity index (χ0n) is 10.8. The van der Waals surface area contributed by atoms with Gasteiger partial charge in [-0.3, -0.25) is 14.9 Å². The van der Waals surface area contributed by atoms with E-state index in [2.05, 4.69) is 21.2 Å². The Morgan fingerprint density at radius 2 is 2.05 bits per heavy atom. The fraction of sp³-hybridized carbons (Fsp3) is 0.154. The highest BCUT2D eigenvalue weighted by Gasteiger charge is 2.17. The van der Waals surface area contributed by atoms with Crippen LogP contribution < -0.4 is 5.32 Å². The largest absolute Gasteiger partial charge is 0.324 e. The second-order valence-corrected chi connectivity index (χ2v) is 6.20. The van der Waals surface area contributed by atoms with E-state index in [-0.39, 0.29) is 10.9 Å². The number of hydrogen-bond donors (Lipinski definition) is 1.